The second-order valence-corrected chi connectivity index (χ2v) is 6.34. The van der Waals surface area contributed by atoms with E-state index in [9.17, 15) is 9.59 Å². The van der Waals surface area contributed by atoms with Crippen molar-refractivity contribution in [2.24, 2.45) is 11.7 Å². The molecule has 0 unspecified atom stereocenters. The normalized spacial score (nSPS) is 15.0. The summed E-state index contributed by atoms with van der Waals surface area (Å²) in [5.41, 5.74) is 6.25. The van der Waals surface area contributed by atoms with Gasteiger partial charge >= 0.3 is 0 Å². The van der Waals surface area contributed by atoms with Crippen LogP contribution in [0.25, 0.3) is 0 Å². The van der Waals surface area contributed by atoms with Crippen molar-refractivity contribution in [1.29, 1.82) is 0 Å². The van der Waals surface area contributed by atoms with Crippen molar-refractivity contribution in [2.75, 3.05) is 19.6 Å². The Morgan fingerprint density at radius 3 is 2.25 bits per heavy atom. The van der Waals surface area contributed by atoms with Crippen molar-refractivity contribution in [3.63, 3.8) is 0 Å². The average molecular weight is 353 g/mol. The molecule has 0 radical (unpaired) electrons. The molecule has 0 atom stereocenters. The number of halogens is 1. The number of Topliss-reactive ketones (excluding diaryl/α,β-unsaturated/α-hetero) is 1. The first kappa shape index (κ1) is 20.7. The van der Waals surface area contributed by atoms with Crippen molar-refractivity contribution in [2.45, 2.75) is 44.9 Å². The summed E-state index contributed by atoms with van der Waals surface area (Å²) in [4.78, 5) is 26.6. The number of benzene rings is 1. The van der Waals surface area contributed by atoms with Crippen LogP contribution in [0.2, 0.25) is 0 Å². The van der Waals surface area contributed by atoms with E-state index in [-0.39, 0.29) is 30.0 Å². The van der Waals surface area contributed by atoms with Gasteiger partial charge in [0, 0.05) is 31.0 Å². The molecule has 1 aliphatic heterocycles. The molecule has 0 bridgehead atoms. The fourth-order valence-electron chi connectivity index (χ4n) is 3.16. The molecule has 0 aliphatic carbocycles. The van der Waals surface area contributed by atoms with Gasteiger partial charge in [0.1, 0.15) is 0 Å². The van der Waals surface area contributed by atoms with E-state index in [1.165, 1.54) is 0 Å². The van der Waals surface area contributed by atoms with Gasteiger partial charge in [0.25, 0.3) is 0 Å². The quantitative estimate of drug-likeness (QED) is 0.575. The zero-order valence-electron chi connectivity index (χ0n) is 14.3. The Kier molecular flexibility index (Phi) is 9.65. The van der Waals surface area contributed by atoms with E-state index in [2.05, 4.69) is 0 Å². The highest BCUT2D eigenvalue weighted by Gasteiger charge is 2.27. The topological polar surface area (TPSA) is 63.4 Å². The summed E-state index contributed by atoms with van der Waals surface area (Å²) in [6.07, 6.45) is 6.37. The zero-order chi connectivity index (χ0) is 16.5. The Morgan fingerprint density at radius 2 is 1.62 bits per heavy atom. The lowest BCUT2D eigenvalue weighted by Crippen LogP contribution is -2.40. The van der Waals surface area contributed by atoms with Crippen LogP contribution < -0.4 is 5.73 Å². The van der Waals surface area contributed by atoms with E-state index in [4.69, 9.17) is 5.73 Å². The summed E-state index contributed by atoms with van der Waals surface area (Å²) in [6, 6.07) is 9.47. The Bertz CT molecular complexity index is 499. The van der Waals surface area contributed by atoms with E-state index in [1.54, 1.807) is 0 Å². The number of amides is 1. The fraction of sp³-hybridized carbons (Fsp3) is 0.579. The number of nitrogens with two attached hydrogens (primary N) is 1. The molecule has 1 aromatic carbocycles. The van der Waals surface area contributed by atoms with Gasteiger partial charge in [0.2, 0.25) is 5.91 Å². The number of nitrogens with zero attached hydrogens (tertiary/aromatic N) is 1. The molecule has 1 aromatic rings. The minimum atomic E-state index is 0. The lowest BCUT2D eigenvalue weighted by Gasteiger charge is -2.31. The van der Waals surface area contributed by atoms with Crippen molar-refractivity contribution in [1.82, 2.24) is 4.90 Å². The molecular weight excluding hydrogens is 324 g/mol. The van der Waals surface area contributed by atoms with Crippen molar-refractivity contribution >= 4 is 24.1 Å². The molecule has 134 valence electrons. The molecular formula is C19H29ClN2O2. The number of carbonyl (C=O) groups is 2. The zero-order valence-corrected chi connectivity index (χ0v) is 15.1. The lowest BCUT2D eigenvalue weighted by molar-refractivity contribution is -0.132. The third kappa shape index (κ3) is 6.25. The van der Waals surface area contributed by atoms with Crippen molar-refractivity contribution in [3.8, 4) is 0 Å². The number of hydrogen-bond acceptors (Lipinski definition) is 3. The summed E-state index contributed by atoms with van der Waals surface area (Å²) in [5.74, 6) is 0.522. The van der Waals surface area contributed by atoms with Gasteiger partial charge in [-0.15, -0.1) is 12.4 Å². The lowest BCUT2D eigenvalue weighted by atomic mass is 9.89. The van der Waals surface area contributed by atoms with Crippen LogP contribution in [0.1, 0.15) is 55.3 Å². The molecule has 1 amide bonds. The fourth-order valence-corrected chi connectivity index (χ4v) is 3.16. The molecule has 1 heterocycles. The second kappa shape index (κ2) is 11.2. The molecule has 4 nitrogen and oxygen atoms in total. The predicted molar refractivity (Wildman–Crippen MR) is 99.5 cm³/mol. The van der Waals surface area contributed by atoms with Crippen molar-refractivity contribution in [3.05, 3.63) is 35.9 Å². The van der Waals surface area contributed by atoms with E-state index in [0.29, 0.717) is 19.5 Å². The number of unbranched alkanes of at least 4 members (excludes halogenated alkanes) is 3. The van der Waals surface area contributed by atoms with Gasteiger partial charge in [0.15, 0.2) is 5.78 Å². The van der Waals surface area contributed by atoms with E-state index in [1.807, 2.05) is 35.2 Å². The Labute approximate surface area is 151 Å². The third-order valence-electron chi connectivity index (χ3n) is 4.62. The molecule has 5 heteroatoms. The molecule has 0 aromatic heterocycles. The monoisotopic (exact) mass is 352 g/mol. The van der Waals surface area contributed by atoms with Crippen LogP contribution in [0.15, 0.2) is 30.3 Å². The van der Waals surface area contributed by atoms with Gasteiger partial charge in [-0.3, -0.25) is 9.59 Å². The number of rotatable bonds is 8. The van der Waals surface area contributed by atoms with E-state index < -0.39 is 0 Å². The average Bonchev–Trinajstić information content (AvgIpc) is 2.61. The van der Waals surface area contributed by atoms with Crippen LogP contribution in [0, 0.1) is 5.92 Å². The highest BCUT2D eigenvalue weighted by molar-refractivity contribution is 5.98. The molecule has 1 aliphatic rings. The standard InChI is InChI=1S/C19H28N2O2.ClH/c20-13-7-2-1-6-10-18(22)21-14-11-17(12-15-21)19(23)16-8-4-3-5-9-16;/h3-5,8-9,17H,1-2,6-7,10-15,20H2;1H. The van der Waals surface area contributed by atoms with Crippen LogP contribution >= 0.6 is 12.4 Å². The van der Waals surface area contributed by atoms with E-state index in [0.717, 1.165) is 50.6 Å². The number of piperidine rings is 1. The molecule has 0 saturated carbocycles. The summed E-state index contributed by atoms with van der Waals surface area (Å²) in [6.45, 7) is 2.16. The largest absolute Gasteiger partial charge is 0.343 e. The first-order valence-corrected chi connectivity index (χ1v) is 8.79. The summed E-state index contributed by atoms with van der Waals surface area (Å²) in [5, 5.41) is 0. The van der Waals surface area contributed by atoms with Crippen molar-refractivity contribution < 1.29 is 9.59 Å². The minimum absolute atomic E-state index is 0. The first-order chi connectivity index (χ1) is 11.2. The molecule has 1 fully saturated rings. The van der Waals surface area contributed by atoms with Gasteiger partial charge < -0.3 is 10.6 Å². The number of hydrogen-bond donors (Lipinski definition) is 1. The van der Waals surface area contributed by atoms with Crippen LogP contribution in [0.4, 0.5) is 0 Å². The number of likely N-dealkylation sites (tertiary alicyclic amines) is 1. The first-order valence-electron chi connectivity index (χ1n) is 8.79. The smallest absolute Gasteiger partial charge is 0.222 e. The Hall–Kier alpha value is -1.39. The van der Waals surface area contributed by atoms with Crippen LogP contribution in [0.3, 0.4) is 0 Å². The van der Waals surface area contributed by atoms with Crippen LogP contribution in [0.5, 0.6) is 0 Å². The Morgan fingerprint density at radius 1 is 1.00 bits per heavy atom. The molecule has 0 spiro atoms. The molecule has 1 saturated heterocycles. The van der Waals surface area contributed by atoms with Crippen LogP contribution in [-0.2, 0) is 4.79 Å². The minimum Gasteiger partial charge on any atom is -0.343 e. The maximum atomic E-state index is 12.4. The number of carbonyl (C=O) groups excluding carboxylic acids is 2. The Balaban J connectivity index is 0.00000288. The SMILES string of the molecule is Cl.NCCCCCCC(=O)N1CCC(C(=O)c2ccccc2)CC1. The molecule has 2 rings (SSSR count). The second-order valence-electron chi connectivity index (χ2n) is 6.34. The van der Waals surface area contributed by atoms with Gasteiger partial charge in [-0.1, -0.05) is 43.2 Å². The van der Waals surface area contributed by atoms with Gasteiger partial charge in [-0.25, -0.2) is 0 Å². The predicted octanol–water partition coefficient (Wildman–Crippen LogP) is 3.44. The van der Waals surface area contributed by atoms with Gasteiger partial charge in [-0.2, -0.15) is 0 Å². The summed E-state index contributed by atoms with van der Waals surface area (Å²) >= 11 is 0. The highest BCUT2D eigenvalue weighted by atomic mass is 35.5. The van der Waals surface area contributed by atoms with Gasteiger partial charge in [-0.05, 0) is 32.2 Å². The van der Waals surface area contributed by atoms with Crippen LogP contribution in [-0.4, -0.2) is 36.2 Å². The number of ketones is 1. The maximum absolute atomic E-state index is 12.4. The summed E-state index contributed by atoms with van der Waals surface area (Å²) in [7, 11) is 0. The third-order valence-corrected chi connectivity index (χ3v) is 4.62. The van der Waals surface area contributed by atoms with E-state index >= 15 is 0 Å². The molecule has 24 heavy (non-hydrogen) atoms. The van der Waals surface area contributed by atoms with Gasteiger partial charge in [0.05, 0.1) is 0 Å². The highest BCUT2D eigenvalue weighted by Crippen LogP contribution is 2.22. The summed E-state index contributed by atoms with van der Waals surface area (Å²) < 4.78 is 0. The maximum Gasteiger partial charge on any atom is 0.222 e. The molecule has 2 N–H and O–H groups in total.